The van der Waals surface area contributed by atoms with Gasteiger partial charge in [-0.15, -0.1) is 0 Å². The smallest absolute Gasteiger partial charge is 0.239 e. The molecule has 0 saturated carbocycles. The van der Waals surface area contributed by atoms with Gasteiger partial charge in [-0.05, 0) is 24.1 Å². The van der Waals surface area contributed by atoms with Crippen molar-refractivity contribution in [2.75, 3.05) is 19.6 Å². The molecular weight excluding hydrogens is 266 g/mol. The van der Waals surface area contributed by atoms with Crippen LogP contribution in [0.5, 0.6) is 0 Å². The van der Waals surface area contributed by atoms with Crippen molar-refractivity contribution in [1.82, 2.24) is 10.2 Å². The second-order valence-corrected chi connectivity index (χ2v) is 4.90. The van der Waals surface area contributed by atoms with Crippen molar-refractivity contribution in [3.63, 3.8) is 0 Å². The summed E-state index contributed by atoms with van der Waals surface area (Å²) in [5.74, 6) is 5.67. The summed E-state index contributed by atoms with van der Waals surface area (Å²) in [6.45, 7) is 1.62. The lowest BCUT2D eigenvalue weighted by Crippen LogP contribution is -2.37. The monoisotopic (exact) mass is 285 g/mol. The lowest BCUT2D eigenvalue weighted by atomic mass is 10.1. The maximum Gasteiger partial charge on any atom is 0.239 e. The molecular formula is C16H19N3O2. The first-order valence-electron chi connectivity index (χ1n) is 7.01. The molecule has 1 aromatic carbocycles. The first kappa shape index (κ1) is 15.1. The lowest BCUT2D eigenvalue weighted by Gasteiger charge is -2.14. The van der Waals surface area contributed by atoms with Crippen LogP contribution in [0.25, 0.3) is 0 Å². The van der Waals surface area contributed by atoms with E-state index in [9.17, 15) is 9.59 Å². The Hall–Kier alpha value is -2.32. The second kappa shape index (κ2) is 7.46. The van der Waals surface area contributed by atoms with Crippen molar-refractivity contribution in [3.05, 3.63) is 35.4 Å². The number of hydrogen-bond acceptors (Lipinski definition) is 3. The molecule has 0 unspecified atom stereocenters. The number of hydrogen-bond donors (Lipinski definition) is 2. The number of nitrogens with one attached hydrogen (secondary N) is 1. The van der Waals surface area contributed by atoms with Crippen molar-refractivity contribution < 1.29 is 9.59 Å². The van der Waals surface area contributed by atoms with E-state index < -0.39 is 0 Å². The number of nitrogens with two attached hydrogens (primary N) is 1. The van der Waals surface area contributed by atoms with Gasteiger partial charge in [-0.2, -0.15) is 0 Å². The first-order chi connectivity index (χ1) is 10.2. The zero-order chi connectivity index (χ0) is 15.1. The Balaban J connectivity index is 1.79. The molecule has 0 atom stereocenters. The minimum Gasteiger partial charge on any atom is -0.350 e. The number of benzene rings is 1. The zero-order valence-corrected chi connectivity index (χ0v) is 11.9. The maximum atomic E-state index is 11.8. The van der Waals surface area contributed by atoms with Gasteiger partial charge in [0.15, 0.2) is 0 Å². The van der Waals surface area contributed by atoms with E-state index in [1.165, 1.54) is 0 Å². The quantitative estimate of drug-likeness (QED) is 0.778. The van der Waals surface area contributed by atoms with Gasteiger partial charge in [-0.1, -0.05) is 24.0 Å². The molecule has 1 heterocycles. The molecule has 0 aliphatic carbocycles. The Morgan fingerprint density at radius 1 is 1.33 bits per heavy atom. The fourth-order valence-electron chi connectivity index (χ4n) is 2.16. The summed E-state index contributed by atoms with van der Waals surface area (Å²) in [4.78, 5) is 24.8. The number of nitrogens with zero attached hydrogens (tertiary/aromatic N) is 1. The molecule has 110 valence electrons. The third-order valence-electron chi connectivity index (χ3n) is 3.28. The molecule has 1 aromatic rings. The summed E-state index contributed by atoms with van der Waals surface area (Å²) < 4.78 is 0. The highest BCUT2D eigenvalue weighted by Crippen LogP contribution is 2.08. The van der Waals surface area contributed by atoms with Gasteiger partial charge in [0.2, 0.25) is 11.8 Å². The van der Waals surface area contributed by atoms with Crippen LogP contribution in [0.2, 0.25) is 0 Å². The molecule has 0 spiro atoms. The summed E-state index contributed by atoms with van der Waals surface area (Å²) >= 11 is 0. The summed E-state index contributed by atoms with van der Waals surface area (Å²) in [5.41, 5.74) is 7.21. The fraction of sp³-hybridized carbons (Fsp3) is 0.375. The number of carbonyl (C=O) groups excluding carboxylic acids is 2. The minimum absolute atomic E-state index is 0.0629. The standard InChI is InChI=1S/C16H19N3O2/c17-9-1-3-13-5-7-14(8-6-13)11-18-15(20)12-19-10-2-4-16(19)21/h5-8H,2,4,9-12,17H2,(H,18,20). The van der Waals surface area contributed by atoms with E-state index in [1.807, 2.05) is 24.3 Å². The highest BCUT2D eigenvalue weighted by molar-refractivity contribution is 5.85. The van der Waals surface area contributed by atoms with Gasteiger partial charge >= 0.3 is 0 Å². The van der Waals surface area contributed by atoms with E-state index in [2.05, 4.69) is 17.2 Å². The lowest BCUT2D eigenvalue weighted by molar-refractivity contribution is -0.133. The van der Waals surface area contributed by atoms with Gasteiger partial charge in [0.1, 0.15) is 0 Å². The molecule has 0 aromatic heterocycles. The molecule has 1 fully saturated rings. The minimum atomic E-state index is -0.128. The summed E-state index contributed by atoms with van der Waals surface area (Å²) in [7, 11) is 0. The number of likely N-dealkylation sites (tertiary alicyclic amines) is 1. The highest BCUT2D eigenvalue weighted by atomic mass is 16.2. The molecule has 1 aliphatic heterocycles. The molecule has 0 bridgehead atoms. The topological polar surface area (TPSA) is 75.4 Å². The van der Waals surface area contributed by atoms with Crippen LogP contribution in [0.1, 0.15) is 24.0 Å². The molecule has 0 radical (unpaired) electrons. The highest BCUT2D eigenvalue weighted by Gasteiger charge is 2.21. The SMILES string of the molecule is NCC#Cc1ccc(CNC(=O)CN2CCCC2=O)cc1. The van der Waals surface area contributed by atoms with Crippen molar-refractivity contribution in [2.45, 2.75) is 19.4 Å². The van der Waals surface area contributed by atoms with Crippen LogP contribution in [0.15, 0.2) is 24.3 Å². The van der Waals surface area contributed by atoms with E-state index in [0.717, 1.165) is 17.5 Å². The van der Waals surface area contributed by atoms with Gasteiger partial charge in [0, 0.05) is 25.1 Å². The predicted octanol–water partition coefficient (Wildman–Crippen LogP) is 0.235. The summed E-state index contributed by atoms with van der Waals surface area (Å²) in [6, 6.07) is 7.63. The third kappa shape index (κ3) is 4.62. The Morgan fingerprint density at radius 3 is 2.71 bits per heavy atom. The van der Waals surface area contributed by atoms with Crippen molar-refractivity contribution >= 4 is 11.8 Å². The van der Waals surface area contributed by atoms with Crippen LogP contribution < -0.4 is 11.1 Å². The number of amides is 2. The van der Waals surface area contributed by atoms with Crippen LogP contribution in [0.4, 0.5) is 0 Å². The van der Waals surface area contributed by atoms with E-state index in [1.54, 1.807) is 4.90 Å². The third-order valence-corrected chi connectivity index (χ3v) is 3.28. The Kier molecular flexibility index (Phi) is 5.35. The second-order valence-electron chi connectivity index (χ2n) is 4.90. The van der Waals surface area contributed by atoms with Crippen LogP contribution in [0.3, 0.4) is 0 Å². The molecule has 5 heteroatoms. The van der Waals surface area contributed by atoms with Crippen molar-refractivity contribution in [3.8, 4) is 11.8 Å². The molecule has 5 nitrogen and oxygen atoms in total. The van der Waals surface area contributed by atoms with E-state index >= 15 is 0 Å². The Bertz CT molecular complexity index is 569. The number of rotatable bonds is 4. The molecule has 1 aliphatic rings. The zero-order valence-electron chi connectivity index (χ0n) is 11.9. The average molecular weight is 285 g/mol. The van der Waals surface area contributed by atoms with Gasteiger partial charge < -0.3 is 16.0 Å². The maximum absolute atomic E-state index is 11.8. The van der Waals surface area contributed by atoms with E-state index in [0.29, 0.717) is 26.1 Å². The summed E-state index contributed by atoms with van der Waals surface area (Å²) in [5, 5.41) is 2.82. The number of carbonyl (C=O) groups is 2. The van der Waals surface area contributed by atoms with Crippen LogP contribution >= 0.6 is 0 Å². The Morgan fingerprint density at radius 2 is 2.10 bits per heavy atom. The fourth-order valence-corrected chi connectivity index (χ4v) is 2.16. The normalized spacial score (nSPS) is 13.8. The predicted molar refractivity (Wildman–Crippen MR) is 80.0 cm³/mol. The molecule has 2 amide bonds. The molecule has 1 saturated heterocycles. The van der Waals surface area contributed by atoms with Crippen LogP contribution in [-0.4, -0.2) is 36.3 Å². The van der Waals surface area contributed by atoms with Crippen LogP contribution in [0, 0.1) is 11.8 Å². The van der Waals surface area contributed by atoms with Gasteiger partial charge in [-0.3, -0.25) is 9.59 Å². The average Bonchev–Trinajstić information content (AvgIpc) is 2.89. The summed E-state index contributed by atoms with van der Waals surface area (Å²) in [6.07, 6.45) is 1.40. The van der Waals surface area contributed by atoms with Gasteiger partial charge in [0.25, 0.3) is 0 Å². The van der Waals surface area contributed by atoms with Gasteiger partial charge in [-0.25, -0.2) is 0 Å². The molecule has 21 heavy (non-hydrogen) atoms. The van der Waals surface area contributed by atoms with Crippen molar-refractivity contribution in [2.24, 2.45) is 5.73 Å². The van der Waals surface area contributed by atoms with Gasteiger partial charge in [0.05, 0.1) is 13.1 Å². The van der Waals surface area contributed by atoms with Crippen molar-refractivity contribution in [1.29, 1.82) is 0 Å². The first-order valence-corrected chi connectivity index (χ1v) is 7.01. The molecule has 3 N–H and O–H groups in total. The van der Waals surface area contributed by atoms with E-state index in [-0.39, 0.29) is 18.4 Å². The van der Waals surface area contributed by atoms with Crippen LogP contribution in [-0.2, 0) is 16.1 Å². The Labute approximate surface area is 124 Å². The molecule has 2 rings (SSSR count). The van der Waals surface area contributed by atoms with E-state index in [4.69, 9.17) is 5.73 Å². The largest absolute Gasteiger partial charge is 0.350 e.